The molecule has 2 heterocycles. The standard InChI is InChI=1S/C13H18N2S/c1-2-13-12(15-5-6-16-13)8-10(1)7-11-3-4-14-9-11/h1-2,8,11,14-15H,3-7,9H2. The topological polar surface area (TPSA) is 24.1 Å². The van der Waals surface area contributed by atoms with E-state index >= 15 is 0 Å². The first-order valence-electron chi connectivity index (χ1n) is 6.12. The van der Waals surface area contributed by atoms with Crippen LogP contribution in [0, 0.1) is 5.92 Å². The largest absolute Gasteiger partial charge is 0.383 e. The van der Waals surface area contributed by atoms with E-state index in [1.807, 2.05) is 11.8 Å². The highest BCUT2D eigenvalue weighted by atomic mass is 32.2. The third-order valence-electron chi connectivity index (χ3n) is 3.41. The maximum Gasteiger partial charge on any atom is 0.0481 e. The zero-order valence-corrected chi connectivity index (χ0v) is 10.3. The van der Waals surface area contributed by atoms with E-state index < -0.39 is 0 Å². The number of hydrogen-bond acceptors (Lipinski definition) is 3. The summed E-state index contributed by atoms with van der Waals surface area (Å²) in [5.41, 5.74) is 2.84. The molecule has 0 spiro atoms. The molecule has 3 rings (SSSR count). The Morgan fingerprint density at radius 3 is 3.19 bits per heavy atom. The first-order chi connectivity index (χ1) is 7.92. The van der Waals surface area contributed by atoms with Gasteiger partial charge in [-0.15, -0.1) is 11.8 Å². The zero-order chi connectivity index (χ0) is 10.8. The van der Waals surface area contributed by atoms with Crippen LogP contribution in [-0.2, 0) is 6.42 Å². The van der Waals surface area contributed by atoms with Gasteiger partial charge in [0, 0.05) is 22.9 Å². The summed E-state index contributed by atoms with van der Waals surface area (Å²) in [5, 5.41) is 6.93. The number of fused-ring (bicyclic) bond motifs is 1. The van der Waals surface area contributed by atoms with Crippen molar-refractivity contribution in [2.24, 2.45) is 5.92 Å². The molecule has 1 fully saturated rings. The van der Waals surface area contributed by atoms with E-state index in [1.54, 1.807) is 0 Å². The molecule has 16 heavy (non-hydrogen) atoms. The van der Waals surface area contributed by atoms with Crippen LogP contribution in [0.25, 0.3) is 0 Å². The predicted molar refractivity (Wildman–Crippen MR) is 70.3 cm³/mol. The van der Waals surface area contributed by atoms with E-state index in [1.165, 1.54) is 47.8 Å². The van der Waals surface area contributed by atoms with Gasteiger partial charge in [0.2, 0.25) is 0 Å². The fourth-order valence-electron chi connectivity index (χ4n) is 2.54. The molecule has 0 radical (unpaired) electrons. The second-order valence-corrected chi connectivity index (χ2v) is 5.81. The van der Waals surface area contributed by atoms with Crippen molar-refractivity contribution in [2.75, 3.05) is 30.7 Å². The molecule has 2 aliphatic rings. The molecular formula is C13H18N2S. The monoisotopic (exact) mass is 234 g/mol. The lowest BCUT2D eigenvalue weighted by Gasteiger charge is -2.19. The van der Waals surface area contributed by atoms with Gasteiger partial charge in [0.15, 0.2) is 0 Å². The molecular weight excluding hydrogens is 216 g/mol. The molecule has 86 valence electrons. The van der Waals surface area contributed by atoms with Gasteiger partial charge in [-0.1, -0.05) is 6.07 Å². The van der Waals surface area contributed by atoms with Gasteiger partial charge in [-0.2, -0.15) is 0 Å². The maximum atomic E-state index is 3.49. The van der Waals surface area contributed by atoms with Crippen molar-refractivity contribution in [2.45, 2.75) is 17.7 Å². The Hall–Kier alpha value is -0.670. The van der Waals surface area contributed by atoms with Crippen LogP contribution in [-0.4, -0.2) is 25.4 Å². The molecule has 0 saturated carbocycles. The second kappa shape index (κ2) is 4.68. The summed E-state index contributed by atoms with van der Waals surface area (Å²) in [7, 11) is 0. The Labute approximate surface area is 101 Å². The van der Waals surface area contributed by atoms with Crippen molar-refractivity contribution in [3.63, 3.8) is 0 Å². The van der Waals surface area contributed by atoms with E-state index in [0.29, 0.717) is 0 Å². The van der Waals surface area contributed by atoms with Gasteiger partial charge >= 0.3 is 0 Å². The van der Waals surface area contributed by atoms with Crippen molar-refractivity contribution in [3.8, 4) is 0 Å². The number of nitrogens with one attached hydrogen (secondary N) is 2. The number of thioether (sulfide) groups is 1. The van der Waals surface area contributed by atoms with Crippen LogP contribution in [0.3, 0.4) is 0 Å². The van der Waals surface area contributed by atoms with Crippen molar-refractivity contribution in [1.29, 1.82) is 0 Å². The molecule has 2 nitrogen and oxygen atoms in total. The van der Waals surface area contributed by atoms with Crippen LogP contribution in [0.1, 0.15) is 12.0 Å². The fourth-order valence-corrected chi connectivity index (χ4v) is 3.41. The summed E-state index contributed by atoms with van der Waals surface area (Å²) in [6, 6.07) is 6.93. The van der Waals surface area contributed by atoms with E-state index in [2.05, 4.69) is 28.8 Å². The van der Waals surface area contributed by atoms with Crippen molar-refractivity contribution < 1.29 is 0 Å². The van der Waals surface area contributed by atoms with Gasteiger partial charge in [-0.05, 0) is 49.5 Å². The van der Waals surface area contributed by atoms with Crippen molar-refractivity contribution in [1.82, 2.24) is 5.32 Å². The molecule has 2 aliphatic heterocycles. The molecule has 1 aromatic rings. The molecule has 1 atom stereocenters. The minimum atomic E-state index is 0.842. The van der Waals surface area contributed by atoms with Gasteiger partial charge in [0.05, 0.1) is 0 Å². The van der Waals surface area contributed by atoms with Crippen LogP contribution in [0.4, 0.5) is 5.69 Å². The van der Waals surface area contributed by atoms with E-state index in [9.17, 15) is 0 Å². The van der Waals surface area contributed by atoms with Crippen LogP contribution < -0.4 is 10.6 Å². The predicted octanol–water partition coefficient (Wildman–Crippen LogP) is 2.36. The minimum Gasteiger partial charge on any atom is -0.383 e. The quantitative estimate of drug-likeness (QED) is 0.821. The Morgan fingerprint density at radius 2 is 2.31 bits per heavy atom. The lowest BCUT2D eigenvalue weighted by atomic mass is 9.98. The summed E-state index contributed by atoms with van der Waals surface area (Å²) in [6.07, 6.45) is 2.56. The summed E-state index contributed by atoms with van der Waals surface area (Å²) >= 11 is 1.97. The Bertz CT molecular complexity index is 372. The summed E-state index contributed by atoms with van der Waals surface area (Å²) in [4.78, 5) is 1.42. The number of hydrogen-bond donors (Lipinski definition) is 2. The van der Waals surface area contributed by atoms with E-state index in [4.69, 9.17) is 0 Å². The smallest absolute Gasteiger partial charge is 0.0481 e. The molecule has 3 heteroatoms. The first-order valence-corrected chi connectivity index (χ1v) is 7.11. The van der Waals surface area contributed by atoms with Gasteiger partial charge < -0.3 is 10.6 Å². The third kappa shape index (κ3) is 2.20. The molecule has 0 aliphatic carbocycles. The second-order valence-electron chi connectivity index (χ2n) is 4.67. The molecule has 1 aromatic carbocycles. The number of rotatable bonds is 2. The van der Waals surface area contributed by atoms with Crippen molar-refractivity contribution in [3.05, 3.63) is 23.8 Å². The third-order valence-corrected chi connectivity index (χ3v) is 4.48. The highest BCUT2D eigenvalue weighted by Gasteiger charge is 2.16. The average molecular weight is 234 g/mol. The normalized spacial score (nSPS) is 23.9. The van der Waals surface area contributed by atoms with Gasteiger partial charge in [-0.25, -0.2) is 0 Å². The Kier molecular flexibility index (Phi) is 3.06. The first kappa shape index (κ1) is 10.5. The van der Waals surface area contributed by atoms with Crippen molar-refractivity contribution >= 4 is 17.4 Å². The average Bonchev–Trinajstić information content (AvgIpc) is 2.82. The van der Waals surface area contributed by atoms with E-state index in [-0.39, 0.29) is 0 Å². The SMILES string of the molecule is c1cc2c(cc1CC1CCNC1)NCCS2. The molecule has 1 unspecified atom stereocenters. The molecule has 0 amide bonds. The highest BCUT2D eigenvalue weighted by molar-refractivity contribution is 7.99. The lowest BCUT2D eigenvalue weighted by molar-refractivity contribution is 0.580. The number of benzene rings is 1. The van der Waals surface area contributed by atoms with Crippen LogP contribution in [0.2, 0.25) is 0 Å². The highest BCUT2D eigenvalue weighted by Crippen LogP contribution is 2.32. The maximum absolute atomic E-state index is 3.49. The Balaban J connectivity index is 1.74. The van der Waals surface area contributed by atoms with Gasteiger partial charge in [-0.3, -0.25) is 0 Å². The number of anilines is 1. The van der Waals surface area contributed by atoms with Gasteiger partial charge in [0.25, 0.3) is 0 Å². The molecule has 0 aromatic heterocycles. The summed E-state index contributed by atoms with van der Waals surface area (Å²) < 4.78 is 0. The lowest BCUT2D eigenvalue weighted by Crippen LogP contribution is -2.12. The van der Waals surface area contributed by atoms with Crippen LogP contribution >= 0.6 is 11.8 Å². The fraction of sp³-hybridized carbons (Fsp3) is 0.538. The summed E-state index contributed by atoms with van der Waals surface area (Å²) in [5.74, 6) is 2.04. The van der Waals surface area contributed by atoms with Gasteiger partial charge in [0.1, 0.15) is 0 Å². The minimum absolute atomic E-state index is 0.842. The molecule has 1 saturated heterocycles. The summed E-state index contributed by atoms with van der Waals surface area (Å²) in [6.45, 7) is 3.50. The molecule has 2 N–H and O–H groups in total. The van der Waals surface area contributed by atoms with Crippen LogP contribution in [0.5, 0.6) is 0 Å². The molecule has 0 bridgehead atoms. The van der Waals surface area contributed by atoms with Crippen LogP contribution in [0.15, 0.2) is 23.1 Å². The Morgan fingerprint density at radius 1 is 1.31 bits per heavy atom. The van der Waals surface area contributed by atoms with E-state index in [0.717, 1.165) is 12.5 Å². The zero-order valence-electron chi connectivity index (χ0n) is 9.46.